The minimum absolute atomic E-state index is 0.111. The summed E-state index contributed by atoms with van der Waals surface area (Å²) in [5.74, 6) is -1.16. The van der Waals surface area contributed by atoms with E-state index in [0.29, 0.717) is 10.8 Å². The lowest BCUT2D eigenvalue weighted by atomic mass is 9.86. The Morgan fingerprint density at radius 2 is 1.77 bits per heavy atom. The summed E-state index contributed by atoms with van der Waals surface area (Å²) in [6, 6.07) is 13.7. The first kappa shape index (κ1) is 22.4. The predicted molar refractivity (Wildman–Crippen MR) is 124 cm³/mol. The summed E-state index contributed by atoms with van der Waals surface area (Å²) >= 11 is 1.20. The Balaban J connectivity index is 1.77. The van der Waals surface area contributed by atoms with Crippen LogP contribution in [0, 0.1) is 5.82 Å². The number of hydrogen-bond acceptors (Lipinski definition) is 4. The number of carbonyl (C=O) groups is 2. The minimum Gasteiger partial charge on any atom is -0.322 e. The van der Waals surface area contributed by atoms with Crippen molar-refractivity contribution in [2.75, 3.05) is 10.2 Å². The molecule has 0 spiro atoms. The van der Waals surface area contributed by atoms with E-state index in [0.717, 1.165) is 11.3 Å². The molecule has 7 heteroatoms. The molecule has 0 aliphatic carbocycles. The van der Waals surface area contributed by atoms with E-state index >= 15 is 0 Å². The number of carbonyl (C=O) groups excluding carboxylic acids is 2. The molecule has 5 nitrogen and oxygen atoms in total. The lowest BCUT2D eigenvalue weighted by Gasteiger charge is -2.22. The van der Waals surface area contributed by atoms with Crippen LogP contribution in [0.3, 0.4) is 0 Å². The first-order valence-electron chi connectivity index (χ1n) is 9.76. The zero-order valence-electron chi connectivity index (χ0n) is 17.8. The zero-order valence-corrected chi connectivity index (χ0v) is 18.7. The lowest BCUT2D eigenvalue weighted by molar-refractivity contribution is -0.116. The molecular weight excluding hydrogens is 413 g/mol. The number of anilines is 3. The van der Waals surface area contributed by atoms with E-state index < -0.39 is 5.82 Å². The third kappa shape index (κ3) is 5.44. The highest BCUT2D eigenvalue weighted by Gasteiger charge is 2.21. The van der Waals surface area contributed by atoms with E-state index in [9.17, 15) is 14.0 Å². The summed E-state index contributed by atoms with van der Waals surface area (Å²) < 4.78 is 14.2. The number of nitrogens with one attached hydrogen (secondary N) is 1. The van der Waals surface area contributed by atoms with Crippen molar-refractivity contribution in [1.29, 1.82) is 0 Å². The molecule has 0 aliphatic heterocycles. The van der Waals surface area contributed by atoms with Gasteiger partial charge < -0.3 is 5.32 Å². The van der Waals surface area contributed by atoms with E-state index in [4.69, 9.17) is 0 Å². The molecule has 2 amide bonds. The van der Waals surface area contributed by atoms with Gasteiger partial charge in [0, 0.05) is 24.1 Å². The number of amides is 2. The largest absolute Gasteiger partial charge is 0.322 e. The quantitative estimate of drug-likeness (QED) is 0.504. The van der Waals surface area contributed by atoms with Crippen molar-refractivity contribution >= 4 is 45.7 Å². The molecule has 1 N–H and O–H groups in total. The Morgan fingerprint density at radius 1 is 1.10 bits per heavy atom. The number of benzene rings is 2. The summed E-state index contributed by atoms with van der Waals surface area (Å²) in [4.78, 5) is 30.2. The molecule has 0 saturated carbocycles. The van der Waals surface area contributed by atoms with Crippen LogP contribution in [-0.2, 0) is 15.0 Å². The molecule has 3 aromatic rings. The fourth-order valence-corrected chi connectivity index (χ4v) is 3.93. The van der Waals surface area contributed by atoms with Crippen LogP contribution in [0.4, 0.5) is 20.9 Å². The molecule has 1 heterocycles. The van der Waals surface area contributed by atoms with E-state index in [-0.39, 0.29) is 22.9 Å². The molecule has 2 aromatic carbocycles. The number of aromatic nitrogens is 1. The van der Waals surface area contributed by atoms with Gasteiger partial charge in [0.2, 0.25) is 11.8 Å². The van der Waals surface area contributed by atoms with Gasteiger partial charge in [-0.05, 0) is 35.3 Å². The molecule has 1 aromatic heterocycles. The molecule has 0 saturated heterocycles. The summed E-state index contributed by atoms with van der Waals surface area (Å²) in [6.07, 6.45) is 2.95. The summed E-state index contributed by atoms with van der Waals surface area (Å²) in [6.45, 7) is 7.60. The molecule has 0 aliphatic rings. The monoisotopic (exact) mass is 437 g/mol. The van der Waals surface area contributed by atoms with Crippen molar-refractivity contribution in [3.63, 3.8) is 0 Å². The number of halogens is 1. The highest BCUT2D eigenvalue weighted by molar-refractivity contribution is 7.14. The first-order chi connectivity index (χ1) is 14.7. The average molecular weight is 438 g/mol. The van der Waals surface area contributed by atoms with Gasteiger partial charge >= 0.3 is 0 Å². The van der Waals surface area contributed by atoms with Crippen molar-refractivity contribution in [2.24, 2.45) is 0 Å². The molecule has 0 radical (unpaired) electrons. The SMILES string of the molecule is CC(=O)N(c1nc(C=CC(=O)Nc2ccccc2C(C)(C)C)cs1)c1ccccc1F. The number of hydrogen-bond donors (Lipinski definition) is 1. The molecule has 0 bridgehead atoms. The van der Waals surface area contributed by atoms with Gasteiger partial charge in [-0.25, -0.2) is 9.37 Å². The standard InChI is InChI=1S/C24H24FN3O2S/c1-16(29)28(21-12-8-6-10-19(21)25)23-26-17(15-31-23)13-14-22(30)27-20-11-7-5-9-18(20)24(2,3)4/h5-15H,1-4H3,(H,27,30). The van der Waals surface area contributed by atoms with Crippen LogP contribution in [0.2, 0.25) is 0 Å². The maximum absolute atomic E-state index is 14.2. The molecule has 3 rings (SSSR count). The van der Waals surface area contributed by atoms with Crippen LogP contribution in [0.25, 0.3) is 6.08 Å². The number of nitrogens with zero attached hydrogens (tertiary/aromatic N) is 2. The molecule has 0 unspecified atom stereocenters. The van der Waals surface area contributed by atoms with Gasteiger partial charge in [0.15, 0.2) is 5.13 Å². The average Bonchev–Trinajstić information content (AvgIpc) is 3.16. The maximum atomic E-state index is 14.2. The third-order valence-electron chi connectivity index (χ3n) is 4.51. The number of para-hydroxylation sites is 2. The molecule has 0 atom stereocenters. The van der Waals surface area contributed by atoms with Crippen molar-refractivity contribution in [3.8, 4) is 0 Å². The number of thiazole rings is 1. The van der Waals surface area contributed by atoms with Gasteiger partial charge in [-0.1, -0.05) is 51.1 Å². The molecule has 160 valence electrons. The third-order valence-corrected chi connectivity index (χ3v) is 5.35. The fraction of sp³-hybridized carbons (Fsp3) is 0.208. The van der Waals surface area contributed by atoms with Gasteiger partial charge in [0.25, 0.3) is 0 Å². The van der Waals surface area contributed by atoms with Crippen LogP contribution in [0.15, 0.2) is 60.0 Å². The van der Waals surface area contributed by atoms with E-state index in [1.54, 1.807) is 23.6 Å². The van der Waals surface area contributed by atoms with Gasteiger partial charge in [-0.2, -0.15) is 0 Å². The number of rotatable bonds is 5. The van der Waals surface area contributed by atoms with Crippen LogP contribution in [-0.4, -0.2) is 16.8 Å². The lowest BCUT2D eigenvalue weighted by Crippen LogP contribution is -2.23. The summed E-state index contributed by atoms with van der Waals surface area (Å²) in [5.41, 5.74) is 2.32. The highest BCUT2D eigenvalue weighted by atomic mass is 32.1. The van der Waals surface area contributed by atoms with Crippen molar-refractivity contribution in [2.45, 2.75) is 33.1 Å². The van der Waals surface area contributed by atoms with Gasteiger partial charge in [0.05, 0.1) is 11.4 Å². The van der Waals surface area contributed by atoms with Crippen LogP contribution in [0.5, 0.6) is 0 Å². The van der Waals surface area contributed by atoms with E-state index in [1.165, 1.54) is 41.4 Å². The summed E-state index contributed by atoms with van der Waals surface area (Å²) in [5, 5.41) is 4.94. The van der Waals surface area contributed by atoms with Crippen molar-refractivity contribution < 1.29 is 14.0 Å². The Kier molecular flexibility index (Phi) is 6.65. The van der Waals surface area contributed by atoms with Crippen LogP contribution < -0.4 is 10.2 Å². The van der Waals surface area contributed by atoms with Gasteiger partial charge in [0.1, 0.15) is 5.82 Å². The second kappa shape index (κ2) is 9.22. The topological polar surface area (TPSA) is 62.3 Å². The van der Waals surface area contributed by atoms with E-state index in [2.05, 4.69) is 31.1 Å². The molecule has 0 fully saturated rings. The van der Waals surface area contributed by atoms with Crippen LogP contribution in [0.1, 0.15) is 39.0 Å². The second-order valence-electron chi connectivity index (χ2n) is 7.98. The Morgan fingerprint density at radius 3 is 2.45 bits per heavy atom. The Labute approximate surface area is 185 Å². The second-order valence-corrected chi connectivity index (χ2v) is 8.82. The minimum atomic E-state index is -0.512. The first-order valence-corrected chi connectivity index (χ1v) is 10.6. The normalized spacial score (nSPS) is 11.5. The summed E-state index contributed by atoms with van der Waals surface area (Å²) in [7, 11) is 0. The predicted octanol–water partition coefficient (Wildman–Crippen LogP) is 5.92. The van der Waals surface area contributed by atoms with Crippen molar-refractivity contribution in [3.05, 3.63) is 77.1 Å². The highest BCUT2D eigenvalue weighted by Crippen LogP contribution is 2.31. The smallest absolute Gasteiger partial charge is 0.248 e. The van der Waals surface area contributed by atoms with Gasteiger partial charge in [-0.15, -0.1) is 11.3 Å². The molecular formula is C24H24FN3O2S. The van der Waals surface area contributed by atoms with E-state index in [1.807, 2.05) is 24.3 Å². The maximum Gasteiger partial charge on any atom is 0.248 e. The Bertz CT molecular complexity index is 1130. The zero-order chi connectivity index (χ0) is 22.6. The molecule has 31 heavy (non-hydrogen) atoms. The fourth-order valence-electron chi connectivity index (χ4n) is 3.08. The van der Waals surface area contributed by atoms with Gasteiger partial charge in [-0.3, -0.25) is 14.5 Å². The van der Waals surface area contributed by atoms with Crippen molar-refractivity contribution in [1.82, 2.24) is 4.98 Å². The Hall–Kier alpha value is -3.32. The van der Waals surface area contributed by atoms with Crippen LogP contribution >= 0.6 is 11.3 Å².